The topological polar surface area (TPSA) is 69.7 Å². The summed E-state index contributed by atoms with van der Waals surface area (Å²) in [5, 5.41) is 3.23. The van der Waals surface area contributed by atoms with Crippen LogP contribution in [0.4, 0.5) is 0 Å². The highest BCUT2D eigenvalue weighted by molar-refractivity contribution is 7.88. The smallest absolute Gasteiger partial charge is 0.237 e. The second-order valence-corrected chi connectivity index (χ2v) is 10.2. The first kappa shape index (κ1) is 21.3. The zero-order chi connectivity index (χ0) is 20.1. The van der Waals surface area contributed by atoms with Crippen molar-refractivity contribution in [3.05, 3.63) is 35.9 Å². The van der Waals surface area contributed by atoms with Crippen LogP contribution in [-0.2, 0) is 20.6 Å². The number of rotatable bonds is 6. The summed E-state index contributed by atoms with van der Waals surface area (Å²) in [5.74, 6) is 0.632. The average Bonchev–Trinajstić information content (AvgIpc) is 2.69. The van der Waals surface area contributed by atoms with Crippen LogP contribution in [-0.4, -0.2) is 61.8 Å². The first-order valence-corrected chi connectivity index (χ1v) is 12.0. The molecule has 0 spiro atoms. The molecule has 1 amide bonds. The van der Waals surface area contributed by atoms with Crippen molar-refractivity contribution in [2.45, 2.75) is 57.4 Å². The molecule has 1 aliphatic heterocycles. The number of piperazine rings is 1. The van der Waals surface area contributed by atoms with Gasteiger partial charge in [-0.3, -0.25) is 9.69 Å². The molecule has 1 N–H and O–H groups in total. The van der Waals surface area contributed by atoms with E-state index in [0.717, 1.165) is 12.0 Å². The summed E-state index contributed by atoms with van der Waals surface area (Å²) in [6.07, 6.45) is 4.67. The molecule has 1 saturated heterocycles. The minimum absolute atomic E-state index is 0.0312. The third kappa shape index (κ3) is 5.33. The summed E-state index contributed by atoms with van der Waals surface area (Å²) in [4.78, 5) is 14.8. The number of benzene rings is 1. The molecule has 3 rings (SSSR count). The van der Waals surface area contributed by atoms with Crippen LogP contribution in [0.15, 0.2) is 30.3 Å². The largest absolute Gasteiger partial charge is 0.352 e. The number of carbonyl (C=O) groups is 1. The van der Waals surface area contributed by atoms with Crippen molar-refractivity contribution in [1.29, 1.82) is 0 Å². The van der Waals surface area contributed by atoms with Crippen LogP contribution >= 0.6 is 0 Å². The molecule has 0 bridgehead atoms. The zero-order valence-corrected chi connectivity index (χ0v) is 17.8. The Balaban J connectivity index is 1.50. The van der Waals surface area contributed by atoms with Gasteiger partial charge in [-0.05, 0) is 31.2 Å². The minimum atomic E-state index is -3.33. The fraction of sp³-hybridized carbons (Fsp3) is 0.667. The van der Waals surface area contributed by atoms with Crippen molar-refractivity contribution in [2.75, 3.05) is 26.2 Å². The molecule has 0 unspecified atom stereocenters. The van der Waals surface area contributed by atoms with Crippen LogP contribution in [0.25, 0.3) is 0 Å². The molecule has 1 aromatic carbocycles. The Morgan fingerprint density at radius 1 is 1.11 bits per heavy atom. The maximum absolute atomic E-state index is 12.7. The van der Waals surface area contributed by atoms with E-state index in [1.54, 1.807) is 4.31 Å². The summed E-state index contributed by atoms with van der Waals surface area (Å²) in [5.41, 5.74) is 0.805. The lowest BCUT2D eigenvalue weighted by atomic mass is 9.86. The molecule has 3 atom stereocenters. The predicted molar refractivity (Wildman–Crippen MR) is 111 cm³/mol. The molecule has 6 nitrogen and oxygen atoms in total. The van der Waals surface area contributed by atoms with E-state index >= 15 is 0 Å². The van der Waals surface area contributed by atoms with Crippen molar-refractivity contribution in [2.24, 2.45) is 5.92 Å². The van der Waals surface area contributed by atoms with Crippen LogP contribution in [0, 0.1) is 5.92 Å². The Hall–Kier alpha value is -1.44. The van der Waals surface area contributed by atoms with Crippen molar-refractivity contribution in [3.63, 3.8) is 0 Å². The van der Waals surface area contributed by atoms with Gasteiger partial charge in [0.15, 0.2) is 0 Å². The van der Waals surface area contributed by atoms with Gasteiger partial charge in [-0.15, -0.1) is 0 Å². The maximum Gasteiger partial charge on any atom is 0.237 e. The fourth-order valence-corrected chi connectivity index (χ4v) is 5.76. The van der Waals surface area contributed by atoms with Crippen LogP contribution in [0.5, 0.6) is 0 Å². The molecule has 1 saturated carbocycles. The monoisotopic (exact) mass is 407 g/mol. The van der Waals surface area contributed by atoms with Gasteiger partial charge in [-0.1, -0.05) is 50.1 Å². The number of nitrogens with one attached hydrogen (secondary N) is 1. The Morgan fingerprint density at radius 2 is 1.75 bits per heavy atom. The molecule has 1 heterocycles. The van der Waals surface area contributed by atoms with Gasteiger partial charge in [-0.25, -0.2) is 8.42 Å². The maximum atomic E-state index is 12.7. The van der Waals surface area contributed by atoms with E-state index in [0.29, 0.717) is 32.1 Å². The Kier molecular flexibility index (Phi) is 7.12. The predicted octanol–water partition coefficient (Wildman–Crippen LogP) is 2.22. The lowest BCUT2D eigenvalue weighted by Crippen LogP contribution is -2.56. The minimum Gasteiger partial charge on any atom is -0.352 e. The van der Waals surface area contributed by atoms with Gasteiger partial charge >= 0.3 is 0 Å². The number of nitrogens with zero attached hydrogens (tertiary/aromatic N) is 2. The molecule has 1 aromatic rings. The van der Waals surface area contributed by atoms with Gasteiger partial charge in [-0.2, -0.15) is 4.31 Å². The van der Waals surface area contributed by atoms with Crippen molar-refractivity contribution in [1.82, 2.24) is 14.5 Å². The van der Waals surface area contributed by atoms with Crippen molar-refractivity contribution < 1.29 is 13.2 Å². The Bertz CT molecular complexity index is 745. The van der Waals surface area contributed by atoms with E-state index in [1.807, 2.05) is 37.3 Å². The molecule has 0 aromatic heterocycles. The molecule has 2 aliphatic rings. The van der Waals surface area contributed by atoms with E-state index in [-0.39, 0.29) is 23.7 Å². The zero-order valence-electron chi connectivity index (χ0n) is 17.0. The fourth-order valence-electron chi connectivity index (χ4n) is 4.25. The normalized spacial score (nSPS) is 25.9. The van der Waals surface area contributed by atoms with Crippen molar-refractivity contribution in [3.8, 4) is 0 Å². The van der Waals surface area contributed by atoms with Crippen LogP contribution in [0.2, 0.25) is 0 Å². The van der Waals surface area contributed by atoms with Gasteiger partial charge < -0.3 is 5.32 Å². The number of carbonyl (C=O) groups excluding carboxylic acids is 1. The van der Waals surface area contributed by atoms with E-state index in [4.69, 9.17) is 0 Å². The Labute approximate surface area is 169 Å². The van der Waals surface area contributed by atoms with Gasteiger partial charge in [0.2, 0.25) is 15.9 Å². The summed E-state index contributed by atoms with van der Waals surface area (Å²) in [6, 6.07) is 9.32. The lowest BCUT2D eigenvalue weighted by Gasteiger charge is -2.38. The number of sulfonamides is 1. The van der Waals surface area contributed by atoms with Crippen molar-refractivity contribution >= 4 is 15.9 Å². The number of hydrogen-bond acceptors (Lipinski definition) is 4. The van der Waals surface area contributed by atoms with Gasteiger partial charge in [0.05, 0.1) is 11.8 Å². The molecule has 156 valence electrons. The molecule has 7 heteroatoms. The Morgan fingerprint density at radius 3 is 2.39 bits per heavy atom. The van der Waals surface area contributed by atoms with E-state index in [1.165, 1.54) is 19.3 Å². The van der Waals surface area contributed by atoms with E-state index in [9.17, 15) is 13.2 Å². The quantitative estimate of drug-likeness (QED) is 0.785. The summed E-state index contributed by atoms with van der Waals surface area (Å²) >= 11 is 0. The molecule has 0 radical (unpaired) electrons. The standard InChI is InChI=1S/C21H33N3O3S/c1-17-8-6-7-11-20(17)22-21(25)18(2)23-12-14-24(15-13-23)28(26,27)16-19-9-4-3-5-10-19/h3-5,9-10,17-18,20H,6-8,11-16H2,1-2H3,(H,22,25)/t17-,18+,20+/m0/s1. The van der Waals surface area contributed by atoms with Crippen LogP contribution < -0.4 is 5.32 Å². The second-order valence-electron chi connectivity index (χ2n) is 8.23. The van der Waals surface area contributed by atoms with Crippen LogP contribution in [0.3, 0.4) is 0 Å². The second kappa shape index (κ2) is 9.37. The SMILES string of the molecule is C[C@H](C(=O)N[C@@H]1CCCC[C@@H]1C)N1CCN(S(=O)(=O)Cc2ccccc2)CC1. The molecular weight excluding hydrogens is 374 g/mol. The number of amides is 1. The first-order valence-electron chi connectivity index (χ1n) is 10.4. The molecular formula is C21H33N3O3S. The molecule has 2 fully saturated rings. The third-order valence-corrected chi connectivity index (χ3v) is 8.07. The first-order chi connectivity index (χ1) is 13.4. The summed E-state index contributed by atoms with van der Waals surface area (Å²) in [6.45, 7) is 6.19. The van der Waals surface area contributed by atoms with E-state index < -0.39 is 10.0 Å². The van der Waals surface area contributed by atoms with Gasteiger partial charge in [0.25, 0.3) is 0 Å². The lowest BCUT2D eigenvalue weighted by molar-refractivity contribution is -0.127. The number of hydrogen-bond donors (Lipinski definition) is 1. The molecule has 28 heavy (non-hydrogen) atoms. The highest BCUT2D eigenvalue weighted by Gasteiger charge is 2.32. The van der Waals surface area contributed by atoms with Gasteiger partial charge in [0.1, 0.15) is 0 Å². The average molecular weight is 408 g/mol. The highest BCUT2D eigenvalue weighted by atomic mass is 32.2. The highest BCUT2D eigenvalue weighted by Crippen LogP contribution is 2.24. The van der Waals surface area contributed by atoms with Gasteiger partial charge in [0, 0.05) is 32.2 Å². The van der Waals surface area contributed by atoms with E-state index in [2.05, 4.69) is 17.1 Å². The summed E-state index contributed by atoms with van der Waals surface area (Å²) in [7, 11) is -3.33. The third-order valence-electron chi connectivity index (χ3n) is 6.22. The summed E-state index contributed by atoms with van der Waals surface area (Å²) < 4.78 is 26.9. The molecule has 1 aliphatic carbocycles. The van der Waals surface area contributed by atoms with Crippen LogP contribution in [0.1, 0.15) is 45.1 Å².